The molecule has 0 spiro atoms. The summed E-state index contributed by atoms with van der Waals surface area (Å²) in [6, 6.07) is 5.79. The average molecular weight is 274 g/mol. The molecule has 1 aromatic rings. The van der Waals surface area contributed by atoms with Crippen LogP contribution in [0.25, 0.3) is 0 Å². The molecule has 0 radical (unpaired) electrons. The second-order valence-electron chi connectivity index (χ2n) is 4.27. The summed E-state index contributed by atoms with van der Waals surface area (Å²) in [4.78, 5) is 11.5. The van der Waals surface area contributed by atoms with E-state index in [1.54, 1.807) is 6.07 Å². The van der Waals surface area contributed by atoms with Gasteiger partial charge in [0.1, 0.15) is 11.4 Å². The zero-order chi connectivity index (χ0) is 14.6. The number of alkyl halides is 2. The van der Waals surface area contributed by atoms with Gasteiger partial charge in [-0.1, -0.05) is 18.2 Å². The van der Waals surface area contributed by atoms with Crippen molar-refractivity contribution in [1.82, 2.24) is 0 Å². The van der Waals surface area contributed by atoms with Gasteiger partial charge in [0.25, 0.3) is 0 Å². The number of hydrogen-bond donors (Lipinski definition) is 1. The van der Waals surface area contributed by atoms with E-state index in [4.69, 9.17) is 0 Å². The molecule has 1 N–H and O–H groups in total. The first-order valence-electron chi connectivity index (χ1n) is 5.65. The van der Waals surface area contributed by atoms with Crippen molar-refractivity contribution in [3.8, 4) is 5.75 Å². The monoisotopic (exact) mass is 274 g/mol. The normalized spacial score (nSPS) is 15.7. The minimum Gasteiger partial charge on any atom is -0.469 e. The predicted octanol–water partition coefficient (Wildman–Crippen LogP) is 2.30. The van der Waals surface area contributed by atoms with Crippen molar-refractivity contribution < 1.29 is 28.2 Å². The highest BCUT2D eigenvalue weighted by atomic mass is 19.3. The van der Waals surface area contributed by atoms with Gasteiger partial charge in [-0.25, -0.2) is 0 Å². The summed E-state index contributed by atoms with van der Waals surface area (Å²) < 4.78 is 33.5. The van der Waals surface area contributed by atoms with E-state index in [1.165, 1.54) is 39.2 Å². The van der Waals surface area contributed by atoms with Crippen molar-refractivity contribution in [2.45, 2.75) is 26.1 Å². The van der Waals surface area contributed by atoms with Crippen molar-refractivity contribution in [1.29, 1.82) is 0 Å². The maximum atomic E-state index is 12.3. The number of methoxy groups -OCH3 is 1. The highest BCUT2D eigenvalue weighted by Gasteiger charge is 2.38. The first kappa shape index (κ1) is 15.4. The number of carbonyl (C=O) groups excluding carboxylic acids is 1. The van der Waals surface area contributed by atoms with Crippen LogP contribution in [0.5, 0.6) is 5.75 Å². The Hall–Kier alpha value is -1.69. The van der Waals surface area contributed by atoms with Crippen molar-refractivity contribution in [2.24, 2.45) is 5.92 Å². The molecule has 19 heavy (non-hydrogen) atoms. The lowest BCUT2D eigenvalue weighted by Gasteiger charge is -2.30. The van der Waals surface area contributed by atoms with Gasteiger partial charge in [0.15, 0.2) is 0 Å². The number of hydrogen-bond acceptors (Lipinski definition) is 4. The third-order valence-corrected chi connectivity index (χ3v) is 3.05. The van der Waals surface area contributed by atoms with Crippen molar-refractivity contribution in [2.75, 3.05) is 7.11 Å². The van der Waals surface area contributed by atoms with Gasteiger partial charge in [0, 0.05) is 5.56 Å². The van der Waals surface area contributed by atoms with Crippen molar-refractivity contribution in [3.63, 3.8) is 0 Å². The molecule has 2 unspecified atom stereocenters. The van der Waals surface area contributed by atoms with E-state index in [1.807, 2.05) is 0 Å². The van der Waals surface area contributed by atoms with Crippen molar-refractivity contribution >= 4 is 5.97 Å². The highest BCUT2D eigenvalue weighted by Crippen LogP contribution is 2.36. The van der Waals surface area contributed by atoms with Crippen LogP contribution >= 0.6 is 0 Å². The van der Waals surface area contributed by atoms with E-state index in [0.29, 0.717) is 0 Å². The molecule has 0 aliphatic heterocycles. The molecule has 0 bridgehead atoms. The largest absolute Gasteiger partial charge is 0.469 e. The third kappa shape index (κ3) is 3.41. The van der Waals surface area contributed by atoms with Gasteiger partial charge in [-0.15, -0.1) is 0 Å². The molecule has 0 saturated heterocycles. The highest BCUT2D eigenvalue weighted by molar-refractivity contribution is 5.73. The molecule has 6 heteroatoms. The Balaban J connectivity index is 3.16. The van der Waals surface area contributed by atoms with Gasteiger partial charge in [-0.2, -0.15) is 8.78 Å². The molecule has 1 rings (SSSR count). The maximum absolute atomic E-state index is 12.3. The topological polar surface area (TPSA) is 55.8 Å². The van der Waals surface area contributed by atoms with Crippen LogP contribution in [0.15, 0.2) is 24.3 Å². The number of para-hydroxylation sites is 1. The van der Waals surface area contributed by atoms with Gasteiger partial charge in [-0.3, -0.25) is 4.79 Å². The number of esters is 1. The minimum absolute atomic E-state index is 0.105. The Morgan fingerprint density at radius 2 is 1.95 bits per heavy atom. The zero-order valence-corrected chi connectivity index (χ0v) is 10.9. The number of ether oxygens (including phenoxy) is 2. The lowest BCUT2D eigenvalue weighted by molar-refractivity contribution is -0.154. The summed E-state index contributed by atoms with van der Waals surface area (Å²) in [6.07, 6.45) is 0. The quantitative estimate of drug-likeness (QED) is 0.837. The Morgan fingerprint density at radius 3 is 2.47 bits per heavy atom. The first-order chi connectivity index (χ1) is 8.80. The Kier molecular flexibility index (Phi) is 4.83. The second-order valence-corrected chi connectivity index (χ2v) is 4.27. The average Bonchev–Trinajstić information content (AvgIpc) is 2.36. The molecule has 0 heterocycles. The molecular formula is C13H16F2O4. The molecule has 2 atom stereocenters. The lowest BCUT2D eigenvalue weighted by Crippen LogP contribution is -2.36. The Labute approximate surface area is 109 Å². The molecule has 0 aromatic heterocycles. The fraction of sp³-hybridized carbons (Fsp3) is 0.462. The van der Waals surface area contributed by atoms with Gasteiger partial charge >= 0.3 is 12.6 Å². The van der Waals surface area contributed by atoms with E-state index in [0.717, 1.165) is 0 Å². The molecular weight excluding hydrogens is 258 g/mol. The minimum atomic E-state index is -3.01. The van der Waals surface area contributed by atoms with Crippen LogP contribution in [-0.4, -0.2) is 24.8 Å². The van der Waals surface area contributed by atoms with E-state index >= 15 is 0 Å². The number of halogens is 2. The summed E-state index contributed by atoms with van der Waals surface area (Å²) in [5, 5.41) is 10.4. The van der Waals surface area contributed by atoms with Gasteiger partial charge < -0.3 is 14.6 Å². The van der Waals surface area contributed by atoms with Crippen LogP contribution in [0.1, 0.15) is 19.4 Å². The summed E-state index contributed by atoms with van der Waals surface area (Å²) >= 11 is 0. The standard InChI is InChI=1S/C13H16F2O4/c1-8(11(16)18-3)13(2,17)9-6-4-5-7-10(9)19-12(14)15/h4-8,12,17H,1-3H3. The van der Waals surface area contributed by atoms with Crippen LogP contribution in [-0.2, 0) is 15.1 Å². The van der Waals surface area contributed by atoms with Crippen molar-refractivity contribution in [3.05, 3.63) is 29.8 Å². The van der Waals surface area contributed by atoms with E-state index < -0.39 is 24.1 Å². The van der Waals surface area contributed by atoms with Crippen LogP contribution in [0.4, 0.5) is 8.78 Å². The van der Waals surface area contributed by atoms with Crippen LogP contribution < -0.4 is 4.74 Å². The van der Waals surface area contributed by atoms with Crippen LogP contribution in [0, 0.1) is 5.92 Å². The van der Waals surface area contributed by atoms with E-state index in [-0.39, 0.29) is 11.3 Å². The fourth-order valence-electron chi connectivity index (χ4n) is 1.72. The van der Waals surface area contributed by atoms with E-state index in [9.17, 15) is 18.7 Å². The number of benzene rings is 1. The molecule has 0 aliphatic rings. The number of carbonyl (C=O) groups is 1. The summed E-state index contributed by atoms with van der Waals surface area (Å²) in [5.74, 6) is -1.74. The Morgan fingerprint density at radius 1 is 1.37 bits per heavy atom. The summed E-state index contributed by atoms with van der Waals surface area (Å²) in [5.41, 5.74) is -1.58. The first-order valence-corrected chi connectivity index (χ1v) is 5.65. The smallest absolute Gasteiger partial charge is 0.387 e. The number of rotatable bonds is 5. The SMILES string of the molecule is COC(=O)C(C)C(C)(O)c1ccccc1OC(F)F. The molecule has 106 valence electrons. The lowest BCUT2D eigenvalue weighted by atomic mass is 9.83. The second kappa shape index (κ2) is 5.97. The van der Waals surface area contributed by atoms with Gasteiger partial charge in [-0.05, 0) is 19.9 Å². The zero-order valence-electron chi connectivity index (χ0n) is 10.9. The molecule has 0 aliphatic carbocycles. The van der Waals surface area contributed by atoms with E-state index in [2.05, 4.69) is 9.47 Å². The molecule has 0 amide bonds. The fourth-order valence-corrected chi connectivity index (χ4v) is 1.72. The molecule has 4 nitrogen and oxygen atoms in total. The van der Waals surface area contributed by atoms with Gasteiger partial charge in [0.05, 0.1) is 13.0 Å². The molecule has 0 saturated carbocycles. The molecule has 0 fully saturated rings. The summed E-state index contributed by atoms with van der Waals surface area (Å²) in [7, 11) is 1.19. The third-order valence-electron chi connectivity index (χ3n) is 3.05. The van der Waals surface area contributed by atoms with Crippen LogP contribution in [0.2, 0.25) is 0 Å². The maximum Gasteiger partial charge on any atom is 0.387 e. The predicted molar refractivity (Wildman–Crippen MR) is 63.8 cm³/mol. The van der Waals surface area contributed by atoms with Gasteiger partial charge in [0.2, 0.25) is 0 Å². The summed E-state index contributed by atoms with van der Waals surface area (Å²) in [6.45, 7) is -0.210. The van der Waals surface area contributed by atoms with Crippen LogP contribution in [0.3, 0.4) is 0 Å². The number of aliphatic hydroxyl groups is 1. The molecule has 1 aromatic carbocycles. The Bertz CT molecular complexity index is 446.